The zero-order valence-electron chi connectivity index (χ0n) is 22.6. The lowest BCUT2D eigenvalue weighted by Gasteiger charge is -2.33. The van der Waals surface area contributed by atoms with E-state index in [9.17, 15) is 14.9 Å². The maximum atomic E-state index is 13.1. The second-order valence-electron chi connectivity index (χ2n) is 10.0. The number of aryl methyl sites for hydroxylation is 2. The molecule has 0 aromatic heterocycles. The van der Waals surface area contributed by atoms with Gasteiger partial charge in [0.1, 0.15) is 12.4 Å². The number of hydrogen-bond acceptors (Lipinski definition) is 6. The van der Waals surface area contributed by atoms with E-state index in [2.05, 4.69) is 16.7 Å². The molecule has 2 aliphatic rings. The largest absolute Gasteiger partial charge is 0.489 e. The van der Waals surface area contributed by atoms with E-state index in [0.29, 0.717) is 35.0 Å². The number of nitrogens with zero attached hydrogens (tertiary/aromatic N) is 1. The van der Waals surface area contributed by atoms with Gasteiger partial charge in [-0.1, -0.05) is 72.4 Å². The van der Waals surface area contributed by atoms with E-state index in [1.54, 1.807) is 0 Å². The van der Waals surface area contributed by atoms with Gasteiger partial charge in [-0.25, -0.2) is 0 Å². The second-order valence-corrected chi connectivity index (χ2v) is 11.0. The maximum Gasteiger partial charge on any atom is 0.234 e. The molecule has 1 aliphatic carbocycles. The van der Waals surface area contributed by atoms with Gasteiger partial charge in [-0.15, -0.1) is 0 Å². The van der Waals surface area contributed by atoms with Gasteiger partial charge in [0.05, 0.1) is 28.3 Å². The predicted octanol–water partition coefficient (Wildman–Crippen LogP) is 6.68. The molecule has 0 fully saturated rings. The summed E-state index contributed by atoms with van der Waals surface area (Å²) in [5, 5.41) is 17.3. The Morgan fingerprint density at radius 3 is 2.45 bits per heavy atom. The summed E-state index contributed by atoms with van der Waals surface area (Å²) in [4.78, 5) is 26.0. The number of nitrogens with one attached hydrogen (secondary N) is 2. The summed E-state index contributed by atoms with van der Waals surface area (Å²) in [5.41, 5.74) is 6.70. The molecule has 1 amide bonds. The average Bonchev–Trinajstić information content (AvgIpc) is 2.97. The Morgan fingerprint density at radius 1 is 1.02 bits per heavy atom. The van der Waals surface area contributed by atoms with Crippen LogP contribution in [0.15, 0.2) is 94.7 Å². The Balaban J connectivity index is 1.37. The van der Waals surface area contributed by atoms with Gasteiger partial charge in [-0.3, -0.25) is 9.59 Å². The van der Waals surface area contributed by atoms with E-state index in [1.165, 1.54) is 11.8 Å². The summed E-state index contributed by atoms with van der Waals surface area (Å²) < 4.78 is 5.95. The summed E-state index contributed by atoms with van der Waals surface area (Å²) in [6.45, 7) is 4.38. The molecule has 40 heavy (non-hydrogen) atoms. The monoisotopic (exact) mass is 549 g/mol. The highest BCUT2D eigenvalue weighted by Crippen LogP contribution is 2.44. The van der Waals surface area contributed by atoms with Crippen LogP contribution in [0.1, 0.15) is 47.4 Å². The van der Waals surface area contributed by atoms with Gasteiger partial charge in [0.2, 0.25) is 5.91 Å². The Bertz CT molecular complexity index is 1520. The first-order valence-corrected chi connectivity index (χ1v) is 14.4. The minimum Gasteiger partial charge on any atom is -0.489 e. The van der Waals surface area contributed by atoms with Crippen molar-refractivity contribution in [2.24, 2.45) is 0 Å². The summed E-state index contributed by atoms with van der Waals surface area (Å²) >= 11 is 1.30. The van der Waals surface area contributed by atoms with E-state index < -0.39 is 5.92 Å². The van der Waals surface area contributed by atoms with Gasteiger partial charge in [0.15, 0.2) is 5.78 Å². The van der Waals surface area contributed by atoms with Crippen molar-refractivity contribution in [3.05, 3.63) is 117 Å². The standard InChI is InChI=1S/C33H31N3O3S/c1-21-8-6-9-22(2)32(21)36-29(38)20-40-33-26(18-34)30(31-27(35-33)12-7-13-28(31)37)24-14-16-25(17-15-24)39-19-23-10-4-3-5-11-23/h3-6,8-11,14-17,30,35H,7,12-13,19-20H2,1-2H3,(H,36,38)/t30-/m1/s1. The van der Waals surface area contributed by atoms with Crippen molar-refractivity contribution in [1.82, 2.24) is 5.32 Å². The highest BCUT2D eigenvalue weighted by Gasteiger charge is 2.37. The molecule has 202 valence electrons. The molecule has 6 nitrogen and oxygen atoms in total. The highest BCUT2D eigenvalue weighted by atomic mass is 32.2. The van der Waals surface area contributed by atoms with Crippen molar-refractivity contribution < 1.29 is 14.3 Å². The predicted molar refractivity (Wildman–Crippen MR) is 159 cm³/mol. The van der Waals surface area contributed by atoms with Gasteiger partial charge in [-0.05, 0) is 61.1 Å². The lowest BCUT2D eigenvalue weighted by Crippen LogP contribution is -2.31. The van der Waals surface area contributed by atoms with Crippen LogP contribution in [0.3, 0.4) is 0 Å². The van der Waals surface area contributed by atoms with Crippen molar-refractivity contribution >= 4 is 29.1 Å². The van der Waals surface area contributed by atoms with E-state index >= 15 is 0 Å². The Labute approximate surface area is 239 Å². The van der Waals surface area contributed by atoms with E-state index in [0.717, 1.165) is 46.5 Å². The number of dihydropyridines is 1. The van der Waals surface area contributed by atoms with Gasteiger partial charge in [-0.2, -0.15) is 5.26 Å². The quantitative estimate of drug-likeness (QED) is 0.326. The van der Waals surface area contributed by atoms with Gasteiger partial charge < -0.3 is 15.4 Å². The zero-order chi connectivity index (χ0) is 28.1. The van der Waals surface area contributed by atoms with Gasteiger partial charge in [0.25, 0.3) is 0 Å². The molecule has 0 spiro atoms. The molecule has 0 saturated heterocycles. The molecule has 1 heterocycles. The first-order valence-electron chi connectivity index (χ1n) is 13.4. The number of para-hydroxylation sites is 1. The van der Waals surface area contributed by atoms with Crippen molar-refractivity contribution in [3.8, 4) is 11.8 Å². The van der Waals surface area contributed by atoms with Crippen molar-refractivity contribution in [1.29, 1.82) is 5.26 Å². The summed E-state index contributed by atoms with van der Waals surface area (Å²) in [6.07, 6.45) is 1.96. The molecule has 0 radical (unpaired) electrons. The fourth-order valence-corrected chi connectivity index (χ4v) is 6.05. The molecule has 0 unspecified atom stereocenters. The number of nitriles is 1. The molecule has 3 aromatic carbocycles. The molecule has 0 bridgehead atoms. The number of benzene rings is 3. The first-order chi connectivity index (χ1) is 19.4. The average molecular weight is 550 g/mol. The minimum absolute atomic E-state index is 0.0627. The number of Topliss-reactive ketones (excluding diaryl/α,β-unsaturated/α-hetero) is 1. The molecule has 3 aromatic rings. The van der Waals surface area contributed by atoms with Crippen molar-refractivity contribution in [2.45, 2.75) is 45.6 Å². The van der Waals surface area contributed by atoms with Crippen LogP contribution < -0.4 is 15.4 Å². The molecular weight excluding hydrogens is 518 g/mol. The number of carbonyl (C=O) groups excluding carboxylic acids is 2. The molecule has 0 saturated carbocycles. The number of allylic oxidation sites excluding steroid dienone is 3. The number of amides is 1. The molecule has 7 heteroatoms. The SMILES string of the molecule is Cc1cccc(C)c1NC(=O)CSC1=C(C#N)[C@@H](c2ccc(OCc3ccccc3)cc2)C2=C(CCCC2=O)N1. The Morgan fingerprint density at radius 2 is 1.75 bits per heavy atom. The molecule has 1 atom stereocenters. The fraction of sp³-hybridized carbons (Fsp3) is 0.242. The number of ether oxygens (including phenoxy) is 1. The van der Waals surface area contributed by atoms with E-state index in [4.69, 9.17) is 4.74 Å². The van der Waals surface area contributed by atoms with Crippen molar-refractivity contribution in [3.63, 3.8) is 0 Å². The number of anilines is 1. The molecule has 5 rings (SSSR count). The number of carbonyl (C=O) groups is 2. The first kappa shape index (κ1) is 27.3. The number of hydrogen-bond donors (Lipinski definition) is 2. The fourth-order valence-electron chi connectivity index (χ4n) is 5.19. The Kier molecular flexibility index (Phi) is 8.37. The van der Waals surface area contributed by atoms with Crippen LogP contribution in [0.4, 0.5) is 5.69 Å². The maximum absolute atomic E-state index is 13.1. The number of ketones is 1. The van der Waals surface area contributed by atoms with Gasteiger partial charge in [0, 0.05) is 23.4 Å². The third kappa shape index (κ3) is 5.98. The number of thioether (sulfide) groups is 1. The summed E-state index contributed by atoms with van der Waals surface area (Å²) in [5.74, 6) is 0.279. The third-order valence-electron chi connectivity index (χ3n) is 7.22. The summed E-state index contributed by atoms with van der Waals surface area (Å²) in [6, 6.07) is 25.8. The van der Waals surface area contributed by atoms with Crippen molar-refractivity contribution in [2.75, 3.05) is 11.1 Å². The van der Waals surface area contributed by atoms with Crippen LogP contribution in [0.5, 0.6) is 5.75 Å². The second kappa shape index (κ2) is 12.3. The van der Waals surface area contributed by atoms with Crippen LogP contribution >= 0.6 is 11.8 Å². The zero-order valence-corrected chi connectivity index (χ0v) is 23.4. The smallest absolute Gasteiger partial charge is 0.234 e. The molecule has 2 N–H and O–H groups in total. The van der Waals surface area contributed by atoms with E-state index in [-0.39, 0.29) is 17.4 Å². The molecular formula is C33H31N3O3S. The third-order valence-corrected chi connectivity index (χ3v) is 8.24. The van der Waals surface area contributed by atoms with Crippen LogP contribution in [0.25, 0.3) is 0 Å². The van der Waals surface area contributed by atoms with Gasteiger partial charge >= 0.3 is 0 Å². The minimum atomic E-state index is -0.485. The Hall–Kier alpha value is -4.28. The topological polar surface area (TPSA) is 91.2 Å². The highest BCUT2D eigenvalue weighted by molar-refractivity contribution is 8.03. The lowest BCUT2D eigenvalue weighted by atomic mass is 9.77. The lowest BCUT2D eigenvalue weighted by molar-refractivity contribution is -0.116. The summed E-state index contributed by atoms with van der Waals surface area (Å²) in [7, 11) is 0. The van der Waals surface area contributed by atoms with Crippen LogP contribution in [-0.2, 0) is 16.2 Å². The van der Waals surface area contributed by atoms with E-state index in [1.807, 2.05) is 86.6 Å². The van der Waals surface area contributed by atoms with Crippen LogP contribution in [-0.4, -0.2) is 17.4 Å². The molecule has 1 aliphatic heterocycles. The number of rotatable bonds is 8. The van der Waals surface area contributed by atoms with Crippen LogP contribution in [0, 0.1) is 25.2 Å². The van der Waals surface area contributed by atoms with Crippen LogP contribution in [0.2, 0.25) is 0 Å². The normalized spacial score (nSPS) is 16.6.